The zero-order chi connectivity index (χ0) is 14.1. The Bertz CT molecular complexity index is 377. The van der Waals surface area contributed by atoms with Gasteiger partial charge in [0.15, 0.2) is 0 Å². The van der Waals surface area contributed by atoms with Crippen LogP contribution in [0.5, 0.6) is 0 Å². The highest BCUT2D eigenvalue weighted by molar-refractivity contribution is 5.75. The van der Waals surface area contributed by atoms with E-state index in [4.69, 9.17) is 4.74 Å². The standard InChI is InChI=1S/C14H25N3O2/c1-4-6-13-16-9-11-17(13)10-7-12(14(18)19-3)15-8-5-2/h9,11-12,15H,4-8,10H2,1-3H3. The van der Waals surface area contributed by atoms with Crippen molar-refractivity contribution in [1.82, 2.24) is 14.9 Å². The van der Waals surface area contributed by atoms with Gasteiger partial charge in [0, 0.05) is 25.4 Å². The van der Waals surface area contributed by atoms with E-state index in [0.717, 1.165) is 44.6 Å². The van der Waals surface area contributed by atoms with Crippen LogP contribution in [0.4, 0.5) is 0 Å². The zero-order valence-electron chi connectivity index (χ0n) is 12.2. The first kappa shape index (κ1) is 15.7. The number of methoxy groups -OCH3 is 1. The number of rotatable bonds is 9. The molecule has 1 N–H and O–H groups in total. The highest BCUT2D eigenvalue weighted by atomic mass is 16.5. The third-order valence-corrected chi connectivity index (χ3v) is 3.06. The monoisotopic (exact) mass is 267 g/mol. The summed E-state index contributed by atoms with van der Waals surface area (Å²) in [6.45, 7) is 5.83. The molecule has 0 spiro atoms. The minimum atomic E-state index is -0.234. The molecule has 0 saturated heterocycles. The summed E-state index contributed by atoms with van der Waals surface area (Å²) in [6.07, 6.45) is 7.56. The molecule has 0 aliphatic rings. The van der Waals surface area contributed by atoms with Crippen molar-refractivity contribution >= 4 is 5.97 Å². The maximum atomic E-state index is 11.7. The molecular weight excluding hydrogens is 242 g/mol. The van der Waals surface area contributed by atoms with Gasteiger partial charge >= 0.3 is 5.97 Å². The third-order valence-electron chi connectivity index (χ3n) is 3.06. The first-order chi connectivity index (χ1) is 9.22. The van der Waals surface area contributed by atoms with Gasteiger partial charge in [0.05, 0.1) is 7.11 Å². The maximum absolute atomic E-state index is 11.7. The van der Waals surface area contributed by atoms with E-state index in [0.29, 0.717) is 0 Å². The van der Waals surface area contributed by atoms with Crippen molar-refractivity contribution < 1.29 is 9.53 Å². The van der Waals surface area contributed by atoms with Crippen LogP contribution in [0.1, 0.15) is 38.9 Å². The van der Waals surface area contributed by atoms with Crippen molar-refractivity contribution in [1.29, 1.82) is 0 Å². The Hall–Kier alpha value is -1.36. The van der Waals surface area contributed by atoms with Crippen molar-refractivity contribution in [2.45, 2.75) is 52.1 Å². The Morgan fingerprint density at radius 2 is 2.26 bits per heavy atom. The molecule has 1 atom stereocenters. The molecule has 19 heavy (non-hydrogen) atoms. The van der Waals surface area contributed by atoms with Crippen LogP contribution in [0, 0.1) is 0 Å². The highest BCUT2D eigenvalue weighted by Crippen LogP contribution is 2.05. The molecule has 1 heterocycles. The predicted molar refractivity (Wildman–Crippen MR) is 74.9 cm³/mol. The molecule has 1 aromatic heterocycles. The molecule has 0 amide bonds. The summed E-state index contributed by atoms with van der Waals surface area (Å²) < 4.78 is 6.95. The van der Waals surface area contributed by atoms with E-state index in [1.165, 1.54) is 7.11 Å². The smallest absolute Gasteiger partial charge is 0.322 e. The summed E-state index contributed by atoms with van der Waals surface area (Å²) in [5, 5.41) is 3.23. The number of imidazole rings is 1. The lowest BCUT2D eigenvalue weighted by Crippen LogP contribution is -2.38. The zero-order valence-corrected chi connectivity index (χ0v) is 12.2. The van der Waals surface area contributed by atoms with Crippen LogP contribution in [0.3, 0.4) is 0 Å². The first-order valence-electron chi connectivity index (χ1n) is 7.04. The molecule has 0 radical (unpaired) electrons. The van der Waals surface area contributed by atoms with Gasteiger partial charge in [-0.15, -0.1) is 0 Å². The number of nitrogens with one attached hydrogen (secondary N) is 1. The van der Waals surface area contributed by atoms with E-state index in [9.17, 15) is 4.79 Å². The molecule has 1 rings (SSSR count). The van der Waals surface area contributed by atoms with Crippen molar-refractivity contribution in [3.05, 3.63) is 18.2 Å². The van der Waals surface area contributed by atoms with E-state index >= 15 is 0 Å². The summed E-state index contributed by atoms with van der Waals surface area (Å²) in [5.74, 6) is 0.896. The highest BCUT2D eigenvalue weighted by Gasteiger charge is 2.18. The fraction of sp³-hybridized carbons (Fsp3) is 0.714. The van der Waals surface area contributed by atoms with Crippen molar-refractivity contribution in [3.63, 3.8) is 0 Å². The van der Waals surface area contributed by atoms with Gasteiger partial charge in [0.1, 0.15) is 11.9 Å². The average molecular weight is 267 g/mol. The second kappa shape index (κ2) is 8.69. The van der Waals surface area contributed by atoms with Gasteiger partial charge < -0.3 is 14.6 Å². The van der Waals surface area contributed by atoms with Crippen LogP contribution < -0.4 is 5.32 Å². The minimum Gasteiger partial charge on any atom is -0.468 e. The summed E-state index contributed by atoms with van der Waals surface area (Å²) in [5.41, 5.74) is 0. The SMILES string of the molecule is CCCNC(CCn1ccnc1CCC)C(=O)OC. The number of aromatic nitrogens is 2. The molecular formula is C14H25N3O2. The van der Waals surface area contributed by atoms with Crippen LogP contribution in [-0.2, 0) is 22.5 Å². The van der Waals surface area contributed by atoms with E-state index in [1.807, 2.05) is 12.4 Å². The summed E-state index contributed by atoms with van der Waals surface area (Å²) in [4.78, 5) is 16.0. The van der Waals surface area contributed by atoms with E-state index in [2.05, 4.69) is 28.7 Å². The second-order valence-corrected chi connectivity index (χ2v) is 4.61. The molecule has 0 aromatic carbocycles. The topological polar surface area (TPSA) is 56.2 Å². The summed E-state index contributed by atoms with van der Waals surface area (Å²) in [7, 11) is 1.43. The number of nitrogens with zero attached hydrogens (tertiary/aromatic N) is 2. The number of hydrogen-bond donors (Lipinski definition) is 1. The Balaban J connectivity index is 2.54. The molecule has 0 saturated carbocycles. The maximum Gasteiger partial charge on any atom is 0.322 e. The normalized spacial score (nSPS) is 12.4. The number of aryl methyl sites for hydroxylation is 2. The molecule has 1 aromatic rings. The van der Waals surface area contributed by atoms with Crippen LogP contribution in [0.15, 0.2) is 12.4 Å². The van der Waals surface area contributed by atoms with Gasteiger partial charge in [-0.1, -0.05) is 13.8 Å². The average Bonchev–Trinajstić information content (AvgIpc) is 2.86. The molecule has 1 unspecified atom stereocenters. The van der Waals surface area contributed by atoms with Crippen LogP contribution >= 0.6 is 0 Å². The number of carbonyl (C=O) groups is 1. The minimum absolute atomic E-state index is 0.189. The lowest BCUT2D eigenvalue weighted by molar-refractivity contribution is -0.143. The molecule has 108 valence electrons. The van der Waals surface area contributed by atoms with Crippen molar-refractivity contribution in [3.8, 4) is 0 Å². The van der Waals surface area contributed by atoms with E-state index in [1.54, 1.807) is 0 Å². The van der Waals surface area contributed by atoms with Gasteiger partial charge in [0.25, 0.3) is 0 Å². The number of hydrogen-bond acceptors (Lipinski definition) is 4. The van der Waals surface area contributed by atoms with Crippen LogP contribution in [0.25, 0.3) is 0 Å². The van der Waals surface area contributed by atoms with Gasteiger partial charge in [-0.05, 0) is 25.8 Å². The quantitative estimate of drug-likeness (QED) is 0.693. The van der Waals surface area contributed by atoms with Gasteiger partial charge in [-0.3, -0.25) is 4.79 Å². The largest absolute Gasteiger partial charge is 0.468 e. The molecule has 0 aliphatic heterocycles. The first-order valence-corrected chi connectivity index (χ1v) is 7.04. The number of esters is 1. The second-order valence-electron chi connectivity index (χ2n) is 4.61. The lowest BCUT2D eigenvalue weighted by Gasteiger charge is -2.17. The molecule has 5 heteroatoms. The van der Waals surface area contributed by atoms with Gasteiger partial charge in [-0.2, -0.15) is 0 Å². The predicted octanol–water partition coefficient (Wildman–Crippen LogP) is 1.77. The fourth-order valence-corrected chi connectivity index (χ4v) is 2.03. The Morgan fingerprint density at radius 1 is 1.47 bits per heavy atom. The molecule has 5 nitrogen and oxygen atoms in total. The van der Waals surface area contributed by atoms with Crippen molar-refractivity contribution in [2.75, 3.05) is 13.7 Å². The van der Waals surface area contributed by atoms with Crippen LogP contribution in [0.2, 0.25) is 0 Å². The summed E-state index contributed by atoms with van der Waals surface area (Å²) >= 11 is 0. The van der Waals surface area contributed by atoms with Gasteiger partial charge in [0.2, 0.25) is 0 Å². The lowest BCUT2D eigenvalue weighted by atomic mass is 10.2. The third kappa shape index (κ3) is 5.03. The molecule has 0 fully saturated rings. The van der Waals surface area contributed by atoms with E-state index in [-0.39, 0.29) is 12.0 Å². The van der Waals surface area contributed by atoms with Crippen LogP contribution in [-0.4, -0.2) is 35.2 Å². The molecule has 0 aliphatic carbocycles. The Morgan fingerprint density at radius 3 is 2.89 bits per heavy atom. The summed E-state index contributed by atoms with van der Waals surface area (Å²) in [6, 6.07) is -0.234. The Kier molecular flexibility index (Phi) is 7.18. The number of ether oxygens (including phenoxy) is 1. The van der Waals surface area contributed by atoms with Gasteiger partial charge in [-0.25, -0.2) is 4.98 Å². The Labute approximate surface area is 115 Å². The molecule has 0 bridgehead atoms. The van der Waals surface area contributed by atoms with Crippen molar-refractivity contribution in [2.24, 2.45) is 0 Å². The van der Waals surface area contributed by atoms with E-state index < -0.39 is 0 Å². The fourth-order valence-electron chi connectivity index (χ4n) is 2.03. The number of carbonyl (C=O) groups excluding carboxylic acids is 1.